The van der Waals surface area contributed by atoms with Crippen LogP contribution in [0.5, 0.6) is 0 Å². The van der Waals surface area contributed by atoms with Gasteiger partial charge in [-0.3, -0.25) is 4.79 Å². The molecule has 1 nitrogen and oxygen atoms in total. The largest absolute Gasteiger partial charge is 0.274 e. The van der Waals surface area contributed by atoms with Gasteiger partial charge in [-0.2, -0.15) is 0 Å². The molecule has 0 spiro atoms. The Balaban J connectivity index is 3.06. The monoisotopic (exact) mass is 158 g/mol. The molecule has 0 fully saturated rings. The van der Waals surface area contributed by atoms with Crippen molar-refractivity contribution in [3.05, 3.63) is 0 Å². The van der Waals surface area contributed by atoms with Gasteiger partial charge >= 0.3 is 0 Å². The van der Waals surface area contributed by atoms with Gasteiger partial charge in [0.15, 0.2) is 0 Å². The second kappa shape index (κ2) is 5.37. The number of carbonyl (C=O) groups is 1. The first kappa shape index (κ1) is 8.23. The van der Waals surface area contributed by atoms with Gasteiger partial charge < -0.3 is 0 Å². The third kappa shape index (κ3) is 4.39. The lowest BCUT2D eigenvalue weighted by Gasteiger charge is -1.87. The number of rotatable bonds is 2. The summed E-state index contributed by atoms with van der Waals surface area (Å²) in [6, 6.07) is -1.54. The van der Waals surface area contributed by atoms with E-state index in [9.17, 15) is 13.6 Å². The average Bonchev–Trinajstić information content (AvgIpc) is 1.68. The van der Waals surface area contributed by atoms with E-state index in [1.807, 2.05) is 0 Å². The van der Waals surface area contributed by atoms with Gasteiger partial charge in [0.05, 0.1) is 0 Å². The smallest absolute Gasteiger partial charge is 0.251 e. The number of hydrogen-bond acceptors (Lipinski definition) is 3. The normalized spacial score (nSPS) is 9.25. The molecule has 0 N–H and O–H groups in total. The van der Waals surface area contributed by atoms with Crippen LogP contribution in [-0.2, 0) is 0 Å². The van der Waals surface area contributed by atoms with Gasteiger partial charge in [-0.1, -0.05) is 0 Å². The first-order valence-electron chi connectivity index (χ1n) is 1.72. The molecule has 0 radical (unpaired) electrons. The Labute approximate surface area is 54.2 Å². The Kier molecular flexibility index (Phi) is 5.52. The summed E-state index contributed by atoms with van der Waals surface area (Å²) in [5, 5.41) is 0. The van der Waals surface area contributed by atoms with E-state index >= 15 is 0 Å². The van der Waals surface area contributed by atoms with Crippen molar-refractivity contribution in [2.24, 2.45) is 0 Å². The van der Waals surface area contributed by atoms with E-state index in [-0.39, 0.29) is 0 Å². The summed E-state index contributed by atoms with van der Waals surface area (Å²) in [6.45, 7) is 0. The van der Waals surface area contributed by atoms with Crippen LogP contribution in [0.15, 0.2) is 0 Å². The molecule has 0 aliphatic heterocycles. The van der Waals surface area contributed by atoms with Crippen LogP contribution in [0.4, 0.5) is 13.6 Å². The molecule has 0 rings (SSSR count). The molecule has 0 atom stereocenters. The zero-order valence-corrected chi connectivity index (χ0v) is 5.53. The van der Waals surface area contributed by atoms with Crippen LogP contribution >= 0.6 is 23.5 Å². The minimum Gasteiger partial charge on any atom is -0.274 e. The molecule has 0 saturated heterocycles. The molecule has 8 heavy (non-hydrogen) atoms. The van der Waals surface area contributed by atoms with Crippen LogP contribution in [-0.4, -0.2) is 16.5 Å². The highest BCUT2D eigenvalue weighted by atomic mass is 32.2. The van der Waals surface area contributed by atoms with E-state index in [0.29, 0.717) is 23.5 Å². The molecule has 0 aliphatic carbocycles. The average molecular weight is 158 g/mol. The molecule has 0 amide bonds. The molecule has 5 heteroatoms. The number of halogens is 2. The Bertz CT molecular complexity index is 69.7. The standard InChI is InChI=1S/C3H4F2OS2/c4-1-7-3(6)8-2-5/h1-2H2. The lowest BCUT2D eigenvalue weighted by Crippen LogP contribution is -1.79. The number of alkyl halides is 2. The quantitative estimate of drug-likeness (QED) is 0.614. The lowest BCUT2D eigenvalue weighted by molar-refractivity contribution is 0.276. The highest BCUT2D eigenvalue weighted by Gasteiger charge is 1.99. The van der Waals surface area contributed by atoms with Crippen LogP contribution in [0, 0.1) is 0 Å². The maximum atomic E-state index is 11.2. The van der Waals surface area contributed by atoms with E-state index in [4.69, 9.17) is 0 Å². The van der Waals surface area contributed by atoms with E-state index in [2.05, 4.69) is 0 Å². The maximum Gasteiger partial charge on any atom is 0.251 e. The van der Waals surface area contributed by atoms with Gasteiger partial charge in [-0.15, -0.1) is 0 Å². The predicted molar refractivity (Wildman–Crippen MR) is 32.5 cm³/mol. The highest BCUT2D eigenvalue weighted by molar-refractivity contribution is 8.38. The molecular weight excluding hydrogens is 154 g/mol. The van der Waals surface area contributed by atoms with E-state index in [1.165, 1.54) is 0 Å². The number of carbonyl (C=O) groups excluding carboxylic acids is 1. The Morgan fingerprint density at radius 2 is 1.62 bits per heavy atom. The summed E-state index contributed by atoms with van der Waals surface area (Å²) in [5.41, 5.74) is 0. The molecule has 0 bridgehead atoms. The van der Waals surface area contributed by atoms with E-state index in [1.54, 1.807) is 0 Å². The molecule has 0 saturated carbocycles. The summed E-state index contributed by atoms with van der Waals surface area (Å²) >= 11 is 0.946. The van der Waals surface area contributed by atoms with Gasteiger partial charge in [0, 0.05) is 0 Å². The van der Waals surface area contributed by atoms with Crippen molar-refractivity contribution in [3.63, 3.8) is 0 Å². The second-order valence-corrected chi connectivity index (χ2v) is 2.77. The van der Waals surface area contributed by atoms with Crippen molar-refractivity contribution in [1.29, 1.82) is 0 Å². The topological polar surface area (TPSA) is 17.1 Å². The Hall–Kier alpha value is 0.230. The first-order valence-corrected chi connectivity index (χ1v) is 3.70. The van der Waals surface area contributed by atoms with Crippen molar-refractivity contribution in [2.75, 3.05) is 12.0 Å². The summed E-state index contributed by atoms with van der Waals surface area (Å²) in [6.07, 6.45) is 0. The molecule has 0 unspecified atom stereocenters. The summed E-state index contributed by atoms with van der Waals surface area (Å²) < 4.78 is 21.8. The third-order valence-corrected chi connectivity index (χ3v) is 1.74. The summed E-state index contributed by atoms with van der Waals surface area (Å²) in [5.74, 6) is 0. The van der Waals surface area contributed by atoms with Crippen LogP contribution in [0.1, 0.15) is 0 Å². The summed E-state index contributed by atoms with van der Waals surface area (Å²) in [4.78, 5) is 10.1. The van der Waals surface area contributed by atoms with Gasteiger partial charge in [0.1, 0.15) is 12.0 Å². The van der Waals surface area contributed by atoms with Gasteiger partial charge in [0.2, 0.25) is 0 Å². The van der Waals surface area contributed by atoms with Crippen molar-refractivity contribution < 1.29 is 13.6 Å². The van der Waals surface area contributed by atoms with Crippen LogP contribution in [0.2, 0.25) is 0 Å². The molecule has 48 valence electrons. The van der Waals surface area contributed by atoms with Crippen molar-refractivity contribution in [3.8, 4) is 0 Å². The number of hydrogen-bond donors (Lipinski definition) is 0. The lowest BCUT2D eigenvalue weighted by atomic mass is 11.7. The van der Waals surface area contributed by atoms with Gasteiger partial charge in [-0.25, -0.2) is 8.78 Å². The SMILES string of the molecule is O=C(SCF)SCF. The van der Waals surface area contributed by atoms with E-state index < -0.39 is 16.5 Å². The summed E-state index contributed by atoms with van der Waals surface area (Å²) in [7, 11) is 0. The van der Waals surface area contributed by atoms with Crippen LogP contribution in [0.25, 0.3) is 0 Å². The van der Waals surface area contributed by atoms with Crippen molar-refractivity contribution in [1.82, 2.24) is 0 Å². The first-order chi connectivity index (χ1) is 3.81. The maximum absolute atomic E-state index is 11.2. The fraction of sp³-hybridized carbons (Fsp3) is 0.667. The van der Waals surface area contributed by atoms with Crippen LogP contribution in [0.3, 0.4) is 0 Å². The Morgan fingerprint density at radius 1 is 1.25 bits per heavy atom. The number of thioether (sulfide) groups is 2. The zero-order chi connectivity index (χ0) is 6.41. The van der Waals surface area contributed by atoms with Gasteiger partial charge in [0.25, 0.3) is 4.45 Å². The fourth-order valence-electron chi connectivity index (χ4n) is 0.131. The molecular formula is C3H4F2OS2. The second-order valence-electron chi connectivity index (χ2n) is 0.757. The zero-order valence-electron chi connectivity index (χ0n) is 3.89. The third-order valence-electron chi connectivity index (χ3n) is 0.345. The van der Waals surface area contributed by atoms with Gasteiger partial charge in [-0.05, 0) is 23.5 Å². The molecule has 0 heterocycles. The molecule has 0 aliphatic rings. The van der Waals surface area contributed by atoms with Crippen molar-refractivity contribution in [2.45, 2.75) is 0 Å². The molecule has 0 aromatic rings. The van der Waals surface area contributed by atoms with E-state index in [0.717, 1.165) is 0 Å². The highest BCUT2D eigenvalue weighted by Crippen LogP contribution is 2.15. The fourth-order valence-corrected chi connectivity index (χ4v) is 0.910. The van der Waals surface area contributed by atoms with Crippen LogP contribution < -0.4 is 0 Å². The van der Waals surface area contributed by atoms with Crippen molar-refractivity contribution >= 4 is 28.0 Å². The predicted octanol–water partition coefficient (Wildman–Crippen LogP) is 2.43. The molecule has 0 aromatic heterocycles. The Morgan fingerprint density at radius 3 is 1.88 bits per heavy atom. The molecule has 0 aromatic carbocycles. The minimum absolute atomic E-state index is 0.473. The minimum atomic E-state index is -0.772.